The van der Waals surface area contributed by atoms with Gasteiger partial charge in [-0.25, -0.2) is 9.78 Å². The van der Waals surface area contributed by atoms with Gasteiger partial charge in [-0.15, -0.1) is 0 Å². The molecule has 36 heavy (non-hydrogen) atoms. The topological polar surface area (TPSA) is 105 Å². The minimum absolute atomic E-state index is 0.108. The standard InChI is InChI=1S/C27H28N4O5/c1-6-35-27(33)20-14-28-31(23-13-17(3)19-8-7-9-22(34-5)25(19)29-23)26(20)30-24(32)15-36-21-11-10-16(2)12-18(21)4/h7-14H,6,15H2,1-5H3,(H,30,32). The van der Waals surface area contributed by atoms with Crippen LogP contribution in [0.25, 0.3) is 16.7 Å². The average molecular weight is 489 g/mol. The van der Waals surface area contributed by atoms with Crippen LogP contribution < -0.4 is 14.8 Å². The van der Waals surface area contributed by atoms with Crippen molar-refractivity contribution in [3.63, 3.8) is 0 Å². The highest BCUT2D eigenvalue weighted by molar-refractivity contribution is 6.01. The zero-order valence-corrected chi connectivity index (χ0v) is 20.9. The predicted molar refractivity (Wildman–Crippen MR) is 136 cm³/mol. The van der Waals surface area contributed by atoms with Gasteiger partial charge in [0, 0.05) is 5.39 Å². The Bertz CT molecular complexity index is 1440. The van der Waals surface area contributed by atoms with Crippen molar-refractivity contribution in [1.82, 2.24) is 14.8 Å². The second-order valence-corrected chi connectivity index (χ2v) is 8.30. The minimum Gasteiger partial charge on any atom is -0.494 e. The average Bonchev–Trinajstić information content (AvgIpc) is 3.26. The highest BCUT2D eigenvalue weighted by atomic mass is 16.5. The summed E-state index contributed by atoms with van der Waals surface area (Å²) < 4.78 is 17.8. The number of rotatable bonds is 8. The number of aryl methyl sites for hydroxylation is 3. The summed E-state index contributed by atoms with van der Waals surface area (Å²) in [7, 11) is 1.58. The first kappa shape index (κ1) is 24.7. The van der Waals surface area contributed by atoms with Crippen LogP contribution in [0.3, 0.4) is 0 Å². The van der Waals surface area contributed by atoms with Crippen molar-refractivity contribution in [3.8, 4) is 17.3 Å². The molecule has 0 aliphatic carbocycles. The van der Waals surface area contributed by atoms with Gasteiger partial charge in [0.05, 0.1) is 19.9 Å². The minimum atomic E-state index is -0.607. The van der Waals surface area contributed by atoms with Crippen LogP contribution in [-0.4, -0.2) is 47.0 Å². The van der Waals surface area contributed by atoms with E-state index in [4.69, 9.17) is 19.2 Å². The van der Waals surface area contributed by atoms with E-state index in [9.17, 15) is 9.59 Å². The second-order valence-electron chi connectivity index (χ2n) is 8.30. The monoisotopic (exact) mass is 488 g/mol. The smallest absolute Gasteiger partial charge is 0.343 e. The molecule has 0 aliphatic rings. The van der Waals surface area contributed by atoms with Gasteiger partial charge >= 0.3 is 5.97 Å². The Morgan fingerprint density at radius 3 is 2.56 bits per heavy atom. The molecule has 0 bridgehead atoms. The summed E-state index contributed by atoms with van der Waals surface area (Å²) in [6, 6.07) is 13.2. The van der Waals surface area contributed by atoms with E-state index < -0.39 is 11.9 Å². The summed E-state index contributed by atoms with van der Waals surface area (Å²) in [6.07, 6.45) is 1.35. The summed E-state index contributed by atoms with van der Waals surface area (Å²) in [4.78, 5) is 30.2. The summed E-state index contributed by atoms with van der Waals surface area (Å²) in [6.45, 7) is 7.47. The van der Waals surface area contributed by atoms with Gasteiger partial charge in [0.1, 0.15) is 22.6 Å². The van der Waals surface area contributed by atoms with E-state index in [-0.39, 0.29) is 24.6 Å². The first-order valence-corrected chi connectivity index (χ1v) is 11.5. The van der Waals surface area contributed by atoms with Gasteiger partial charge in [0.2, 0.25) is 0 Å². The van der Waals surface area contributed by atoms with Gasteiger partial charge in [-0.3, -0.25) is 4.79 Å². The van der Waals surface area contributed by atoms with E-state index in [1.807, 2.05) is 63.2 Å². The number of nitrogens with zero attached hydrogens (tertiary/aromatic N) is 3. The number of hydrogen-bond acceptors (Lipinski definition) is 7. The molecule has 2 aromatic heterocycles. The zero-order valence-electron chi connectivity index (χ0n) is 20.9. The molecule has 1 N–H and O–H groups in total. The third-order valence-electron chi connectivity index (χ3n) is 5.64. The highest BCUT2D eigenvalue weighted by Gasteiger charge is 2.23. The quantitative estimate of drug-likeness (QED) is 0.363. The number of esters is 1. The molecule has 0 saturated heterocycles. The Morgan fingerprint density at radius 1 is 1.03 bits per heavy atom. The molecule has 4 aromatic rings. The van der Waals surface area contributed by atoms with Gasteiger partial charge in [0.15, 0.2) is 18.2 Å². The Morgan fingerprint density at radius 2 is 1.83 bits per heavy atom. The van der Waals surface area contributed by atoms with E-state index in [2.05, 4.69) is 10.4 Å². The number of nitrogens with one attached hydrogen (secondary N) is 1. The van der Waals surface area contributed by atoms with Crippen molar-refractivity contribution in [2.45, 2.75) is 27.7 Å². The lowest BCUT2D eigenvalue weighted by Crippen LogP contribution is -2.24. The molecule has 0 radical (unpaired) electrons. The third-order valence-corrected chi connectivity index (χ3v) is 5.64. The summed E-state index contributed by atoms with van der Waals surface area (Å²) in [5.41, 5.74) is 3.69. The van der Waals surface area contributed by atoms with Crippen molar-refractivity contribution in [1.29, 1.82) is 0 Å². The Kier molecular flexibility index (Phi) is 7.19. The first-order chi connectivity index (χ1) is 17.3. The lowest BCUT2D eigenvalue weighted by molar-refractivity contribution is -0.118. The SMILES string of the molecule is CCOC(=O)c1cnn(-c2cc(C)c3cccc(OC)c3n2)c1NC(=O)COc1ccc(C)cc1C. The van der Waals surface area contributed by atoms with Crippen molar-refractivity contribution in [3.05, 3.63) is 70.9 Å². The molecule has 0 atom stereocenters. The molecule has 2 heterocycles. The van der Waals surface area contributed by atoms with Crippen molar-refractivity contribution < 1.29 is 23.8 Å². The third kappa shape index (κ3) is 5.00. The number of carbonyl (C=O) groups excluding carboxylic acids is 2. The van der Waals surface area contributed by atoms with Gasteiger partial charge < -0.3 is 19.5 Å². The molecule has 4 rings (SSSR count). The fourth-order valence-electron chi connectivity index (χ4n) is 3.92. The first-order valence-electron chi connectivity index (χ1n) is 11.5. The maximum atomic E-state index is 12.9. The number of methoxy groups -OCH3 is 1. The van der Waals surface area contributed by atoms with Crippen molar-refractivity contribution >= 4 is 28.6 Å². The van der Waals surface area contributed by atoms with Crippen molar-refractivity contribution in [2.75, 3.05) is 25.6 Å². The maximum Gasteiger partial charge on any atom is 0.343 e. The molecule has 1 amide bonds. The number of carbonyl (C=O) groups is 2. The number of aromatic nitrogens is 3. The van der Waals surface area contributed by atoms with Crippen LogP contribution in [0.5, 0.6) is 11.5 Å². The lowest BCUT2D eigenvalue weighted by Gasteiger charge is -2.14. The largest absolute Gasteiger partial charge is 0.494 e. The molecule has 9 nitrogen and oxygen atoms in total. The van der Waals surface area contributed by atoms with Gasteiger partial charge in [-0.1, -0.05) is 29.8 Å². The molecule has 0 saturated carbocycles. The molecule has 2 aromatic carbocycles. The van der Waals surface area contributed by atoms with Gasteiger partial charge in [-0.2, -0.15) is 9.78 Å². The molecular weight excluding hydrogens is 460 g/mol. The van der Waals surface area contributed by atoms with Crippen LogP contribution in [0.1, 0.15) is 34.0 Å². The van der Waals surface area contributed by atoms with E-state index in [0.717, 1.165) is 22.1 Å². The Balaban J connectivity index is 1.70. The van der Waals surface area contributed by atoms with E-state index >= 15 is 0 Å². The van der Waals surface area contributed by atoms with Crippen LogP contribution in [0, 0.1) is 20.8 Å². The summed E-state index contributed by atoms with van der Waals surface area (Å²) in [5.74, 6) is 0.688. The number of para-hydroxylation sites is 1. The Hall–Kier alpha value is -4.40. The number of benzene rings is 2. The maximum absolute atomic E-state index is 12.9. The van der Waals surface area contributed by atoms with Crippen LogP contribution in [0.2, 0.25) is 0 Å². The molecule has 0 spiro atoms. The molecule has 0 unspecified atom stereocenters. The molecule has 0 aliphatic heterocycles. The second kappa shape index (κ2) is 10.5. The number of amides is 1. The van der Waals surface area contributed by atoms with Crippen LogP contribution in [-0.2, 0) is 9.53 Å². The number of ether oxygens (including phenoxy) is 3. The molecule has 9 heteroatoms. The lowest BCUT2D eigenvalue weighted by atomic mass is 10.1. The fraction of sp³-hybridized carbons (Fsp3) is 0.259. The normalized spacial score (nSPS) is 10.8. The van der Waals surface area contributed by atoms with Gasteiger partial charge in [0.25, 0.3) is 5.91 Å². The van der Waals surface area contributed by atoms with Crippen molar-refractivity contribution in [2.24, 2.45) is 0 Å². The van der Waals surface area contributed by atoms with Gasteiger partial charge in [-0.05, 0) is 57.0 Å². The van der Waals surface area contributed by atoms with Crippen LogP contribution in [0.15, 0.2) is 48.7 Å². The zero-order chi connectivity index (χ0) is 25.8. The van der Waals surface area contributed by atoms with E-state index in [1.54, 1.807) is 14.0 Å². The number of anilines is 1. The number of hydrogen-bond donors (Lipinski definition) is 1. The molecule has 0 fully saturated rings. The molecule has 186 valence electrons. The predicted octanol–water partition coefficient (Wildman–Crippen LogP) is 4.55. The summed E-state index contributed by atoms with van der Waals surface area (Å²) >= 11 is 0. The van der Waals surface area contributed by atoms with E-state index in [0.29, 0.717) is 22.8 Å². The number of pyridine rings is 1. The fourth-order valence-corrected chi connectivity index (χ4v) is 3.92. The summed E-state index contributed by atoms with van der Waals surface area (Å²) in [5, 5.41) is 8.02. The Labute approximate surface area is 209 Å². The highest BCUT2D eigenvalue weighted by Crippen LogP contribution is 2.29. The van der Waals surface area contributed by atoms with E-state index in [1.165, 1.54) is 10.9 Å². The van der Waals surface area contributed by atoms with Crippen LogP contribution in [0.4, 0.5) is 5.82 Å². The molecular formula is C27H28N4O5. The number of fused-ring (bicyclic) bond motifs is 1. The van der Waals surface area contributed by atoms with Crippen LogP contribution >= 0.6 is 0 Å².